The Morgan fingerprint density at radius 2 is 2.19 bits per heavy atom. The van der Waals surface area contributed by atoms with Gasteiger partial charge < -0.3 is 10.5 Å². The second-order valence-corrected chi connectivity index (χ2v) is 7.61. The Balaban J connectivity index is 2.34. The van der Waals surface area contributed by atoms with E-state index in [0.29, 0.717) is 10.9 Å². The lowest BCUT2D eigenvalue weighted by Gasteiger charge is -2.20. The van der Waals surface area contributed by atoms with Crippen LogP contribution in [0.1, 0.15) is 24.8 Å². The molecule has 1 fully saturated rings. The highest BCUT2D eigenvalue weighted by molar-refractivity contribution is 9.10. The summed E-state index contributed by atoms with van der Waals surface area (Å²) in [5.74, 6) is -0.805. The number of nitrogens with two attached hydrogens (primary N) is 1. The molecule has 0 saturated heterocycles. The number of halogens is 2. The summed E-state index contributed by atoms with van der Waals surface area (Å²) in [6, 6.07) is 2.38. The second kappa shape index (κ2) is 6.70. The highest BCUT2D eigenvalue weighted by Crippen LogP contribution is 2.27. The van der Waals surface area contributed by atoms with Crippen LogP contribution in [0.25, 0.3) is 0 Å². The number of benzene rings is 1. The number of hydrogen-bond acceptors (Lipinski definition) is 4. The molecule has 2 unspecified atom stereocenters. The molecule has 0 bridgehead atoms. The summed E-state index contributed by atoms with van der Waals surface area (Å²) in [5.41, 5.74) is 5.60. The van der Waals surface area contributed by atoms with Crippen molar-refractivity contribution in [3.63, 3.8) is 0 Å². The first-order chi connectivity index (χ1) is 9.89. The van der Waals surface area contributed by atoms with Gasteiger partial charge in [0, 0.05) is 29.7 Å². The van der Waals surface area contributed by atoms with Gasteiger partial charge in [0.05, 0.1) is 6.10 Å². The van der Waals surface area contributed by atoms with E-state index in [1.54, 1.807) is 7.11 Å². The minimum atomic E-state index is -3.96. The largest absolute Gasteiger partial charge is 0.380 e. The first-order valence-corrected chi connectivity index (χ1v) is 8.89. The van der Waals surface area contributed by atoms with Crippen LogP contribution in [0.2, 0.25) is 0 Å². The molecule has 0 heterocycles. The third-order valence-corrected chi connectivity index (χ3v) is 5.60. The molecule has 21 heavy (non-hydrogen) atoms. The van der Waals surface area contributed by atoms with Gasteiger partial charge in [0.15, 0.2) is 0 Å². The summed E-state index contributed by atoms with van der Waals surface area (Å²) in [6.45, 7) is -0.0715. The predicted octanol–water partition coefficient (Wildman–Crippen LogP) is 1.89. The molecular formula is C13H18BrFN2O3S. The topological polar surface area (TPSA) is 81.4 Å². The zero-order chi connectivity index (χ0) is 15.6. The van der Waals surface area contributed by atoms with E-state index >= 15 is 0 Å². The summed E-state index contributed by atoms with van der Waals surface area (Å²) in [5, 5.41) is 0. The zero-order valence-electron chi connectivity index (χ0n) is 11.6. The van der Waals surface area contributed by atoms with Crippen molar-refractivity contribution in [3.8, 4) is 0 Å². The Kier molecular flexibility index (Phi) is 5.37. The SMILES string of the molecule is COC1CCCC1NS(=O)(=O)c1cc(Br)cc(CN)c1F. The van der Waals surface area contributed by atoms with Crippen LogP contribution < -0.4 is 10.5 Å². The van der Waals surface area contributed by atoms with E-state index in [0.717, 1.165) is 12.8 Å². The van der Waals surface area contributed by atoms with Gasteiger partial charge in [-0.05, 0) is 31.4 Å². The van der Waals surface area contributed by atoms with Gasteiger partial charge in [0.2, 0.25) is 10.0 Å². The summed E-state index contributed by atoms with van der Waals surface area (Å²) >= 11 is 3.18. The Bertz CT molecular complexity index is 624. The summed E-state index contributed by atoms with van der Waals surface area (Å²) in [7, 11) is -2.42. The van der Waals surface area contributed by atoms with E-state index in [1.165, 1.54) is 12.1 Å². The minimum absolute atomic E-state index is 0.0715. The smallest absolute Gasteiger partial charge is 0.243 e. The normalized spacial score (nSPS) is 22.7. The van der Waals surface area contributed by atoms with E-state index in [2.05, 4.69) is 20.7 Å². The lowest BCUT2D eigenvalue weighted by molar-refractivity contribution is 0.0916. The molecule has 0 spiro atoms. The van der Waals surface area contributed by atoms with Gasteiger partial charge in [0.1, 0.15) is 10.7 Å². The number of hydrogen-bond donors (Lipinski definition) is 2. The van der Waals surface area contributed by atoms with E-state index in [9.17, 15) is 12.8 Å². The van der Waals surface area contributed by atoms with Gasteiger partial charge in [-0.2, -0.15) is 0 Å². The average Bonchev–Trinajstić information content (AvgIpc) is 2.87. The molecule has 0 radical (unpaired) electrons. The molecule has 5 nitrogen and oxygen atoms in total. The third-order valence-electron chi connectivity index (χ3n) is 3.65. The number of ether oxygens (including phenoxy) is 1. The number of methoxy groups -OCH3 is 1. The molecule has 1 aliphatic rings. The number of sulfonamides is 1. The van der Waals surface area contributed by atoms with Crippen LogP contribution in [0.5, 0.6) is 0 Å². The fraction of sp³-hybridized carbons (Fsp3) is 0.538. The molecule has 1 aromatic rings. The molecule has 1 aliphatic carbocycles. The van der Waals surface area contributed by atoms with Crippen molar-refractivity contribution in [1.82, 2.24) is 4.72 Å². The van der Waals surface area contributed by atoms with Crippen molar-refractivity contribution in [2.45, 2.75) is 42.8 Å². The van der Waals surface area contributed by atoms with Gasteiger partial charge in [-0.3, -0.25) is 0 Å². The average molecular weight is 381 g/mol. The molecule has 0 amide bonds. The maximum Gasteiger partial charge on any atom is 0.243 e. The quantitative estimate of drug-likeness (QED) is 0.816. The van der Waals surface area contributed by atoms with E-state index in [-0.39, 0.29) is 29.1 Å². The molecule has 2 rings (SSSR count). The third kappa shape index (κ3) is 3.62. The molecular weight excluding hydrogens is 363 g/mol. The fourth-order valence-electron chi connectivity index (χ4n) is 2.57. The highest BCUT2D eigenvalue weighted by Gasteiger charge is 2.32. The number of rotatable bonds is 5. The summed E-state index contributed by atoms with van der Waals surface area (Å²) in [6.07, 6.45) is 2.17. The first-order valence-electron chi connectivity index (χ1n) is 6.62. The van der Waals surface area contributed by atoms with Crippen molar-refractivity contribution in [2.75, 3.05) is 7.11 Å². The summed E-state index contributed by atoms with van der Waals surface area (Å²) in [4.78, 5) is -0.390. The van der Waals surface area contributed by atoms with E-state index in [1.807, 2.05) is 0 Å². The Morgan fingerprint density at radius 1 is 1.48 bits per heavy atom. The van der Waals surface area contributed by atoms with Gasteiger partial charge >= 0.3 is 0 Å². The Morgan fingerprint density at radius 3 is 2.81 bits per heavy atom. The Labute approximate surface area is 132 Å². The van der Waals surface area contributed by atoms with Crippen LogP contribution in [-0.2, 0) is 21.3 Å². The molecule has 2 atom stereocenters. The van der Waals surface area contributed by atoms with Crippen LogP contribution in [-0.4, -0.2) is 27.7 Å². The van der Waals surface area contributed by atoms with Crippen LogP contribution >= 0.6 is 15.9 Å². The molecule has 118 valence electrons. The minimum Gasteiger partial charge on any atom is -0.380 e. The van der Waals surface area contributed by atoms with Gasteiger partial charge in [-0.25, -0.2) is 17.5 Å². The lowest BCUT2D eigenvalue weighted by atomic mass is 10.2. The monoisotopic (exact) mass is 380 g/mol. The van der Waals surface area contributed by atoms with Crippen LogP contribution in [0.4, 0.5) is 4.39 Å². The molecule has 1 saturated carbocycles. The predicted molar refractivity (Wildman–Crippen MR) is 80.7 cm³/mol. The van der Waals surface area contributed by atoms with Gasteiger partial charge in [-0.15, -0.1) is 0 Å². The van der Waals surface area contributed by atoms with E-state index in [4.69, 9.17) is 10.5 Å². The zero-order valence-corrected chi connectivity index (χ0v) is 14.0. The number of nitrogens with one attached hydrogen (secondary N) is 1. The van der Waals surface area contributed by atoms with Gasteiger partial charge in [0.25, 0.3) is 0 Å². The van der Waals surface area contributed by atoms with Crippen molar-refractivity contribution in [3.05, 3.63) is 28.0 Å². The maximum atomic E-state index is 14.3. The molecule has 0 aromatic heterocycles. The van der Waals surface area contributed by atoms with Gasteiger partial charge in [-0.1, -0.05) is 15.9 Å². The molecule has 8 heteroatoms. The Hall–Kier alpha value is -0.540. The summed E-state index contributed by atoms with van der Waals surface area (Å²) < 4.78 is 47.4. The highest BCUT2D eigenvalue weighted by atomic mass is 79.9. The molecule has 1 aromatic carbocycles. The van der Waals surface area contributed by atoms with Crippen molar-refractivity contribution < 1.29 is 17.5 Å². The van der Waals surface area contributed by atoms with Crippen molar-refractivity contribution in [2.24, 2.45) is 5.73 Å². The van der Waals surface area contributed by atoms with Crippen molar-refractivity contribution in [1.29, 1.82) is 0 Å². The first kappa shape index (κ1) is 16.8. The molecule has 0 aliphatic heterocycles. The molecule has 3 N–H and O–H groups in total. The van der Waals surface area contributed by atoms with Crippen molar-refractivity contribution >= 4 is 26.0 Å². The maximum absolute atomic E-state index is 14.3. The van der Waals surface area contributed by atoms with Crippen LogP contribution in [0.3, 0.4) is 0 Å². The fourth-order valence-corrected chi connectivity index (χ4v) is 4.67. The second-order valence-electron chi connectivity index (χ2n) is 5.01. The standard InChI is InChI=1S/C13H18BrFN2O3S/c1-20-11-4-2-3-10(11)17-21(18,19)12-6-9(14)5-8(7-16)13(12)15/h5-6,10-11,17H,2-4,7,16H2,1H3. The lowest BCUT2D eigenvalue weighted by Crippen LogP contribution is -2.41. The van der Waals surface area contributed by atoms with E-state index < -0.39 is 15.8 Å². The van der Waals surface area contributed by atoms with Crippen LogP contribution in [0, 0.1) is 5.82 Å². The van der Waals surface area contributed by atoms with Crippen LogP contribution in [0.15, 0.2) is 21.5 Å².